The first-order valence-electron chi connectivity index (χ1n) is 7.29. The highest BCUT2D eigenvalue weighted by Crippen LogP contribution is 2.49. The molecule has 2 aliphatic rings. The SMILES string of the molecule is CNC1CC2C(CCCB(C)O)C(N)CC2C1F. The first-order valence-corrected chi connectivity index (χ1v) is 7.29. The molecule has 0 radical (unpaired) electrons. The van der Waals surface area contributed by atoms with E-state index in [1.165, 1.54) is 0 Å². The van der Waals surface area contributed by atoms with Crippen LogP contribution in [0.5, 0.6) is 0 Å². The van der Waals surface area contributed by atoms with Gasteiger partial charge in [0.15, 0.2) is 0 Å². The van der Waals surface area contributed by atoms with Crippen LogP contribution in [-0.2, 0) is 0 Å². The van der Waals surface area contributed by atoms with Crippen LogP contribution in [-0.4, -0.2) is 37.2 Å². The van der Waals surface area contributed by atoms with Crippen molar-refractivity contribution in [3.05, 3.63) is 0 Å². The van der Waals surface area contributed by atoms with Gasteiger partial charge in [0.2, 0.25) is 0 Å². The molecule has 0 aliphatic heterocycles. The molecule has 2 fully saturated rings. The van der Waals surface area contributed by atoms with Crippen LogP contribution in [0.1, 0.15) is 25.7 Å². The lowest BCUT2D eigenvalue weighted by atomic mass is 9.66. The summed E-state index contributed by atoms with van der Waals surface area (Å²) in [5.74, 6) is 1.06. The van der Waals surface area contributed by atoms with Gasteiger partial charge in [0.05, 0.1) is 0 Å². The summed E-state index contributed by atoms with van der Waals surface area (Å²) in [4.78, 5) is 0. The van der Waals surface area contributed by atoms with Gasteiger partial charge in [-0.15, -0.1) is 0 Å². The number of hydrogen-bond acceptors (Lipinski definition) is 3. The molecule has 2 aliphatic carbocycles. The van der Waals surface area contributed by atoms with Crippen molar-refractivity contribution >= 4 is 6.92 Å². The molecule has 104 valence electrons. The van der Waals surface area contributed by atoms with Crippen molar-refractivity contribution in [1.82, 2.24) is 5.32 Å². The van der Waals surface area contributed by atoms with Crippen LogP contribution in [0.2, 0.25) is 13.1 Å². The molecule has 6 unspecified atom stereocenters. The van der Waals surface area contributed by atoms with Gasteiger partial charge >= 0.3 is 0 Å². The Bertz CT molecular complexity index is 280. The summed E-state index contributed by atoms with van der Waals surface area (Å²) in [6, 6.07) is 0.178. The van der Waals surface area contributed by atoms with E-state index in [1.54, 1.807) is 0 Å². The molecule has 5 heteroatoms. The predicted octanol–water partition coefficient (Wildman–Crippen LogP) is 1.29. The summed E-state index contributed by atoms with van der Waals surface area (Å²) >= 11 is 0. The second kappa shape index (κ2) is 5.89. The number of hydrogen-bond donors (Lipinski definition) is 3. The van der Waals surface area contributed by atoms with Crippen LogP contribution in [0.4, 0.5) is 4.39 Å². The zero-order chi connectivity index (χ0) is 13.3. The first kappa shape index (κ1) is 14.3. The van der Waals surface area contributed by atoms with Crippen molar-refractivity contribution in [3.8, 4) is 0 Å². The number of fused-ring (bicyclic) bond motifs is 1. The summed E-state index contributed by atoms with van der Waals surface area (Å²) in [6.07, 6.45) is 3.90. The molecule has 3 nitrogen and oxygen atoms in total. The van der Waals surface area contributed by atoms with Crippen molar-refractivity contribution < 1.29 is 9.41 Å². The highest BCUT2D eigenvalue weighted by Gasteiger charge is 2.52. The van der Waals surface area contributed by atoms with Crippen molar-refractivity contribution in [2.45, 2.75) is 57.1 Å². The van der Waals surface area contributed by atoms with Crippen LogP contribution in [0.3, 0.4) is 0 Å². The Labute approximate surface area is 110 Å². The molecule has 18 heavy (non-hydrogen) atoms. The van der Waals surface area contributed by atoms with E-state index >= 15 is 0 Å². The van der Waals surface area contributed by atoms with Gasteiger partial charge in [-0.1, -0.05) is 13.2 Å². The maximum atomic E-state index is 14.2. The third-order valence-corrected chi connectivity index (χ3v) is 5.04. The lowest BCUT2D eigenvalue weighted by molar-refractivity contribution is 0.215. The third kappa shape index (κ3) is 2.73. The lowest BCUT2D eigenvalue weighted by Crippen LogP contribution is -2.35. The van der Waals surface area contributed by atoms with Gasteiger partial charge in [0, 0.05) is 12.1 Å². The minimum Gasteiger partial charge on any atom is -0.451 e. The molecule has 0 aromatic carbocycles. The van der Waals surface area contributed by atoms with E-state index in [4.69, 9.17) is 5.73 Å². The minimum absolute atomic E-state index is 0.0202. The number of nitrogens with two attached hydrogens (primary N) is 1. The molecule has 6 atom stereocenters. The summed E-state index contributed by atoms with van der Waals surface area (Å²) in [5, 5.41) is 12.4. The Balaban J connectivity index is 1.91. The summed E-state index contributed by atoms with van der Waals surface area (Å²) in [5.41, 5.74) is 6.19. The van der Waals surface area contributed by atoms with Gasteiger partial charge in [-0.2, -0.15) is 0 Å². The smallest absolute Gasteiger partial charge is 0.285 e. The van der Waals surface area contributed by atoms with Gasteiger partial charge in [0.25, 0.3) is 6.92 Å². The molecule has 0 amide bonds. The van der Waals surface area contributed by atoms with Crippen molar-refractivity contribution in [2.24, 2.45) is 23.5 Å². The molecule has 2 rings (SSSR count). The quantitative estimate of drug-likeness (QED) is 0.650. The van der Waals surface area contributed by atoms with Crippen LogP contribution < -0.4 is 11.1 Å². The average molecular weight is 256 g/mol. The molecule has 0 heterocycles. The van der Waals surface area contributed by atoms with Crippen LogP contribution in [0.25, 0.3) is 0 Å². The maximum Gasteiger partial charge on any atom is 0.285 e. The zero-order valence-corrected chi connectivity index (χ0v) is 11.5. The van der Waals surface area contributed by atoms with Crippen LogP contribution in [0.15, 0.2) is 0 Å². The van der Waals surface area contributed by atoms with E-state index in [-0.39, 0.29) is 24.9 Å². The Morgan fingerprint density at radius 3 is 2.72 bits per heavy atom. The third-order valence-electron chi connectivity index (χ3n) is 5.04. The molecule has 0 aromatic rings. The highest BCUT2D eigenvalue weighted by atomic mass is 19.1. The fraction of sp³-hybridized carbons (Fsp3) is 1.00. The van der Waals surface area contributed by atoms with E-state index in [0.717, 1.165) is 32.0 Å². The standard InChI is InChI=1S/C13H26BFN2O/c1-14(18)5-3-4-8-9-7-12(17-2)13(15)10(9)6-11(8)16/h8-13,17-18H,3-7,16H2,1-2H3. The van der Waals surface area contributed by atoms with Gasteiger partial charge < -0.3 is 16.1 Å². The second-order valence-electron chi connectivity index (χ2n) is 6.25. The summed E-state index contributed by atoms with van der Waals surface area (Å²) < 4.78 is 14.2. The van der Waals surface area contributed by atoms with E-state index in [2.05, 4.69) is 5.32 Å². The van der Waals surface area contributed by atoms with Crippen molar-refractivity contribution in [3.63, 3.8) is 0 Å². The Hall–Kier alpha value is -0.125. The molecular formula is C13H26BFN2O. The molecular weight excluding hydrogens is 230 g/mol. The van der Waals surface area contributed by atoms with Crippen molar-refractivity contribution in [1.29, 1.82) is 0 Å². The number of alkyl halides is 1. The van der Waals surface area contributed by atoms with E-state index in [1.807, 2.05) is 13.9 Å². The van der Waals surface area contributed by atoms with E-state index in [0.29, 0.717) is 11.8 Å². The molecule has 0 spiro atoms. The number of rotatable bonds is 5. The topological polar surface area (TPSA) is 58.3 Å². The summed E-state index contributed by atoms with van der Waals surface area (Å²) in [6.45, 7) is 1.59. The molecule has 4 N–H and O–H groups in total. The molecule has 0 saturated heterocycles. The highest BCUT2D eigenvalue weighted by molar-refractivity contribution is 6.48. The van der Waals surface area contributed by atoms with Gasteiger partial charge in [0.1, 0.15) is 6.17 Å². The fourth-order valence-corrected chi connectivity index (χ4v) is 4.09. The number of nitrogens with one attached hydrogen (secondary N) is 1. The Morgan fingerprint density at radius 2 is 2.11 bits per heavy atom. The predicted molar refractivity (Wildman–Crippen MR) is 73.3 cm³/mol. The minimum atomic E-state index is -0.729. The largest absolute Gasteiger partial charge is 0.451 e. The monoisotopic (exact) mass is 256 g/mol. The average Bonchev–Trinajstić information content (AvgIpc) is 2.77. The number of halogens is 1. The fourth-order valence-electron chi connectivity index (χ4n) is 4.09. The summed E-state index contributed by atoms with van der Waals surface area (Å²) in [7, 11) is 1.85. The van der Waals surface area contributed by atoms with Crippen LogP contribution in [0, 0.1) is 17.8 Å². The molecule has 0 aromatic heterocycles. The second-order valence-corrected chi connectivity index (χ2v) is 6.25. The zero-order valence-electron chi connectivity index (χ0n) is 11.5. The lowest BCUT2D eigenvalue weighted by Gasteiger charge is -2.22. The van der Waals surface area contributed by atoms with E-state index < -0.39 is 6.17 Å². The first-order chi connectivity index (χ1) is 8.54. The molecule has 0 bridgehead atoms. The molecule has 2 saturated carbocycles. The van der Waals surface area contributed by atoms with Crippen LogP contribution >= 0.6 is 0 Å². The van der Waals surface area contributed by atoms with Gasteiger partial charge in [-0.25, -0.2) is 4.39 Å². The van der Waals surface area contributed by atoms with E-state index in [9.17, 15) is 9.41 Å². The Kier molecular flexibility index (Phi) is 4.67. The van der Waals surface area contributed by atoms with Gasteiger partial charge in [-0.05, 0) is 50.4 Å². The Morgan fingerprint density at radius 1 is 1.39 bits per heavy atom. The van der Waals surface area contributed by atoms with Gasteiger partial charge in [-0.3, -0.25) is 0 Å². The van der Waals surface area contributed by atoms with Crippen molar-refractivity contribution in [2.75, 3.05) is 7.05 Å². The maximum absolute atomic E-state index is 14.2. The normalized spacial score (nSPS) is 43.2.